The summed E-state index contributed by atoms with van der Waals surface area (Å²) >= 11 is 5.81. The molecule has 1 aliphatic carbocycles. The van der Waals surface area contributed by atoms with Gasteiger partial charge in [0.1, 0.15) is 0 Å². The zero-order valence-electron chi connectivity index (χ0n) is 11.0. The Bertz CT molecular complexity index is 656. The second-order valence-electron chi connectivity index (χ2n) is 5.14. The minimum Gasteiger partial charge on any atom is -0.478 e. The Balaban J connectivity index is 2.01. The molecule has 1 aromatic carbocycles. The van der Waals surface area contributed by atoms with Crippen LogP contribution in [0, 0.1) is 11.8 Å². The first kappa shape index (κ1) is 13.8. The highest BCUT2D eigenvalue weighted by Crippen LogP contribution is 2.38. The van der Waals surface area contributed by atoms with E-state index < -0.39 is 5.97 Å². The SMILES string of the molecule is O=C(O)c1cc(N2C(=O)C3CC=CCC3C2=O)ccc1Cl. The Kier molecular flexibility index (Phi) is 3.29. The summed E-state index contributed by atoms with van der Waals surface area (Å²) in [5.41, 5.74) is 0.143. The highest BCUT2D eigenvalue weighted by molar-refractivity contribution is 6.34. The summed E-state index contributed by atoms with van der Waals surface area (Å²) in [6.45, 7) is 0. The van der Waals surface area contributed by atoms with Crippen molar-refractivity contribution < 1.29 is 19.5 Å². The van der Waals surface area contributed by atoms with Gasteiger partial charge >= 0.3 is 5.97 Å². The van der Waals surface area contributed by atoms with Crippen LogP contribution in [0.25, 0.3) is 0 Å². The molecule has 0 aromatic heterocycles. The molecule has 2 amide bonds. The number of fused-ring (bicyclic) bond motifs is 1. The zero-order chi connectivity index (χ0) is 15.1. The summed E-state index contributed by atoms with van der Waals surface area (Å²) in [6, 6.07) is 4.15. The summed E-state index contributed by atoms with van der Waals surface area (Å²) in [7, 11) is 0. The van der Waals surface area contributed by atoms with Crippen molar-refractivity contribution in [3.8, 4) is 0 Å². The Morgan fingerprint density at radius 3 is 2.24 bits per heavy atom. The van der Waals surface area contributed by atoms with Crippen LogP contribution in [0.2, 0.25) is 5.02 Å². The fraction of sp³-hybridized carbons (Fsp3) is 0.267. The smallest absolute Gasteiger partial charge is 0.337 e. The number of allylic oxidation sites excluding steroid dienone is 2. The Labute approximate surface area is 125 Å². The van der Waals surface area contributed by atoms with Gasteiger partial charge in [0.2, 0.25) is 11.8 Å². The van der Waals surface area contributed by atoms with E-state index in [0.717, 1.165) is 4.90 Å². The highest BCUT2D eigenvalue weighted by atomic mass is 35.5. The lowest BCUT2D eigenvalue weighted by Crippen LogP contribution is -2.31. The average molecular weight is 306 g/mol. The van der Waals surface area contributed by atoms with Crippen molar-refractivity contribution in [3.63, 3.8) is 0 Å². The predicted octanol–water partition coefficient (Wildman–Crippen LogP) is 2.49. The van der Waals surface area contributed by atoms with E-state index in [-0.39, 0.29) is 39.9 Å². The lowest BCUT2D eigenvalue weighted by atomic mass is 9.85. The van der Waals surface area contributed by atoms with Gasteiger partial charge in [0, 0.05) is 0 Å². The second-order valence-corrected chi connectivity index (χ2v) is 5.54. The van der Waals surface area contributed by atoms with E-state index >= 15 is 0 Å². The molecular weight excluding hydrogens is 294 g/mol. The predicted molar refractivity (Wildman–Crippen MR) is 76.3 cm³/mol. The Hall–Kier alpha value is -2.14. The number of rotatable bonds is 2. The van der Waals surface area contributed by atoms with E-state index in [1.807, 2.05) is 12.2 Å². The largest absolute Gasteiger partial charge is 0.478 e. The number of carboxylic acids is 1. The average Bonchev–Trinajstić information content (AvgIpc) is 2.72. The van der Waals surface area contributed by atoms with Crippen molar-refractivity contribution in [1.29, 1.82) is 0 Å². The molecule has 0 bridgehead atoms. The normalized spacial score (nSPS) is 24.3. The van der Waals surface area contributed by atoms with Crippen LogP contribution in [0.3, 0.4) is 0 Å². The minimum absolute atomic E-state index is 0.0735. The number of amides is 2. The number of benzene rings is 1. The van der Waals surface area contributed by atoms with Gasteiger partial charge in [-0.25, -0.2) is 4.79 Å². The van der Waals surface area contributed by atoms with Crippen molar-refractivity contribution in [3.05, 3.63) is 40.9 Å². The van der Waals surface area contributed by atoms with Crippen LogP contribution in [0.4, 0.5) is 5.69 Å². The maximum absolute atomic E-state index is 12.4. The molecule has 1 aromatic rings. The van der Waals surface area contributed by atoms with Crippen LogP contribution in [0.5, 0.6) is 0 Å². The number of carbonyl (C=O) groups excluding carboxylic acids is 2. The van der Waals surface area contributed by atoms with E-state index in [2.05, 4.69) is 0 Å². The van der Waals surface area contributed by atoms with Crippen LogP contribution in [0.15, 0.2) is 30.4 Å². The summed E-state index contributed by atoms with van der Waals surface area (Å²) in [5, 5.41) is 9.16. The van der Waals surface area contributed by atoms with Crippen LogP contribution in [-0.2, 0) is 9.59 Å². The van der Waals surface area contributed by atoms with Crippen LogP contribution < -0.4 is 4.90 Å². The van der Waals surface area contributed by atoms with Gasteiger partial charge in [0.05, 0.1) is 28.1 Å². The minimum atomic E-state index is -1.19. The van der Waals surface area contributed by atoms with Crippen molar-refractivity contribution in [2.45, 2.75) is 12.8 Å². The van der Waals surface area contributed by atoms with Gasteiger partial charge in [-0.3, -0.25) is 14.5 Å². The maximum atomic E-state index is 12.4. The number of hydrogen-bond donors (Lipinski definition) is 1. The summed E-state index contributed by atoms with van der Waals surface area (Å²) < 4.78 is 0. The molecule has 3 rings (SSSR count). The van der Waals surface area contributed by atoms with Crippen molar-refractivity contribution in [1.82, 2.24) is 0 Å². The fourth-order valence-corrected chi connectivity index (χ4v) is 3.07. The second kappa shape index (κ2) is 5.00. The standard InChI is InChI=1S/C15H12ClNO4/c16-12-6-5-8(7-11(12)15(20)21)17-13(18)9-3-1-2-4-10(9)14(17)19/h1-2,5-7,9-10H,3-4H2,(H,20,21). The number of aromatic carboxylic acids is 1. The zero-order valence-corrected chi connectivity index (χ0v) is 11.7. The fourth-order valence-electron chi connectivity index (χ4n) is 2.87. The summed E-state index contributed by atoms with van der Waals surface area (Å²) in [4.78, 5) is 37.0. The van der Waals surface area contributed by atoms with E-state index in [1.165, 1.54) is 18.2 Å². The summed E-state index contributed by atoms with van der Waals surface area (Å²) in [5.74, 6) is -2.42. The van der Waals surface area contributed by atoms with Crippen molar-refractivity contribution in [2.24, 2.45) is 11.8 Å². The molecule has 2 unspecified atom stereocenters. The van der Waals surface area contributed by atoms with Crippen LogP contribution in [-0.4, -0.2) is 22.9 Å². The molecule has 0 spiro atoms. The topological polar surface area (TPSA) is 74.7 Å². The lowest BCUT2D eigenvalue weighted by molar-refractivity contribution is -0.122. The molecular formula is C15H12ClNO4. The first-order valence-corrected chi connectivity index (χ1v) is 6.94. The number of hydrogen-bond acceptors (Lipinski definition) is 3. The monoisotopic (exact) mass is 305 g/mol. The Morgan fingerprint density at radius 2 is 1.71 bits per heavy atom. The molecule has 1 N–H and O–H groups in total. The third kappa shape index (κ3) is 2.14. The van der Waals surface area contributed by atoms with Gasteiger partial charge in [-0.1, -0.05) is 23.8 Å². The number of carbonyl (C=O) groups is 3. The van der Waals surface area contributed by atoms with Gasteiger partial charge < -0.3 is 5.11 Å². The quantitative estimate of drug-likeness (QED) is 0.673. The van der Waals surface area contributed by atoms with Gasteiger partial charge in [0.15, 0.2) is 0 Å². The number of anilines is 1. The molecule has 1 fully saturated rings. The molecule has 0 radical (unpaired) electrons. The molecule has 21 heavy (non-hydrogen) atoms. The first-order chi connectivity index (χ1) is 10.0. The molecule has 1 saturated heterocycles. The third-order valence-electron chi connectivity index (χ3n) is 3.95. The number of carboxylic acid groups (broad SMARTS) is 1. The molecule has 1 heterocycles. The van der Waals surface area contributed by atoms with Gasteiger partial charge in [-0.15, -0.1) is 0 Å². The molecule has 6 heteroatoms. The lowest BCUT2D eigenvalue weighted by Gasteiger charge is -2.15. The van der Waals surface area contributed by atoms with E-state index in [4.69, 9.17) is 16.7 Å². The first-order valence-electron chi connectivity index (χ1n) is 6.56. The third-order valence-corrected chi connectivity index (χ3v) is 4.28. The molecule has 2 atom stereocenters. The maximum Gasteiger partial charge on any atom is 0.337 e. The van der Waals surface area contributed by atoms with Crippen molar-refractivity contribution in [2.75, 3.05) is 4.90 Å². The highest BCUT2D eigenvalue weighted by Gasteiger charge is 2.47. The van der Waals surface area contributed by atoms with Gasteiger partial charge in [0.25, 0.3) is 0 Å². The number of nitrogens with zero attached hydrogens (tertiary/aromatic N) is 1. The van der Waals surface area contributed by atoms with E-state index in [9.17, 15) is 14.4 Å². The van der Waals surface area contributed by atoms with Crippen LogP contribution in [0.1, 0.15) is 23.2 Å². The molecule has 5 nitrogen and oxygen atoms in total. The number of imide groups is 1. The number of halogens is 1. The molecule has 108 valence electrons. The molecule has 2 aliphatic rings. The van der Waals surface area contributed by atoms with E-state index in [1.54, 1.807) is 0 Å². The van der Waals surface area contributed by atoms with Gasteiger partial charge in [-0.05, 0) is 31.0 Å². The van der Waals surface area contributed by atoms with E-state index in [0.29, 0.717) is 12.8 Å². The van der Waals surface area contributed by atoms with Gasteiger partial charge in [-0.2, -0.15) is 0 Å². The van der Waals surface area contributed by atoms with Crippen molar-refractivity contribution >= 4 is 35.1 Å². The van der Waals surface area contributed by atoms with Crippen LogP contribution >= 0.6 is 11.6 Å². The Morgan fingerprint density at radius 1 is 1.14 bits per heavy atom. The summed E-state index contributed by atoms with van der Waals surface area (Å²) in [6.07, 6.45) is 4.90. The molecule has 1 aliphatic heterocycles. The molecule has 0 saturated carbocycles.